The number of anilines is 1. The number of sulfonamides is 1. The SMILES string of the molecule is Cn1ccnc1Sc1ccccc1NS(=O)(=O)c1ccc(Br)s1. The fourth-order valence-electron chi connectivity index (χ4n) is 1.83. The number of aromatic nitrogens is 2. The molecule has 0 saturated heterocycles. The highest BCUT2D eigenvalue weighted by molar-refractivity contribution is 9.11. The van der Waals surface area contributed by atoms with Gasteiger partial charge in [0.25, 0.3) is 10.0 Å². The number of hydrogen-bond acceptors (Lipinski definition) is 5. The molecule has 0 aliphatic heterocycles. The molecule has 5 nitrogen and oxygen atoms in total. The summed E-state index contributed by atoms with van der Waals surface area (Å²) in [5, 5.41) is 0.788. The standard InChI is InChI=1S/C14H12BrN3O2S3/c1-18-9-8-16-14(18)21-11-5-3-2-4-10(11)17-23(19,20)13-7-6-12(15)22-13/h2-9,17H,1H3. The van der Waals surface area contributed by atoms with Gasteiger partial charge in [-0.3, -0.25) is 4.72 Å². The van der Waals surface area contributed by atoms with E-state index >= 15 is 0 Å². The summed E-state index contributed by atoms with van der Waals surface area (Å²) >= 11 is 5.86. The second-order valence-electron chi connectivity index (χ2n) is 4.58. The molecule has 9 heteroatoms. The van der Waals surface area contributed by atoms with Crippen LogP contribution in [-0.2, 0) is 17.1 Å². The minimum atomic E-state index is -3.61. The second-order valence-corrected chi connectivity index (χ2v) is 9.96. The zero-order valence-corrected chi connectivity index (χ0v) is 16.0. The number of aryl methyl sites for hydroxylation is 1. The van der Waals surface area contributed by atoms with Crippen molar-refractivity contribution in [1.82, 2.24) is 9.55 Å². The number of halogens is 1. The molecule has 0 saturated carbocycles. The molecule has 0 radical (unpaired) electrons. The first-order valence-electron chi connectivity index (χ1n) is 6.48. The van der Waals surface area contributed by atoms with Crippen LogP contribution in [0.25, 0.3) is 0 Å². The van der Waals surface area contributed by atoms with Crippen molar-refractivity contribution in [1.29, 1.82) is 0 Å². The van der Waals surface area contributed by atoms with Crippen molar-refractivity contribution in [3.63, 3.8) is 0 Å². The molecule has 0 unspecified atom stereocenters. The van der Waals surface area contributed by atoms with Crippen LogP contribution >= 0.6 is 39.0 Å². The zero-order chi connectivity index (χ0) is 16.4. The number of imidazole rings is 1. The van der Waals surface area contributed by atoms with Gasteiger partial charge in [-0.1, -0.05) is 12.1 Å². The van der Waals surface area contributed by atoms with Gasteiger partial charge in [-0.05, 0) is 52.0 Å². The molecule has 2 heterocycles. The summed E-state index contributed by atoms with van der Waals surface area (Å²) in [6.45, 7) is 0. The third-order valence-corrected chi connectivity index (χ3v) is 7.56. The first kappa shape index (κ1) is 16.6. The minimum Gasteiger partial charge on any atom is -0.329 e. The predicted molar refractivity (Wildman–Crippen MR) is 96.6 cm³/mol. The van der Waals surface area contributed by atoms with Gasteiger partial charge in [0, 0.05) is 24.3 Å². The van der Waals surface area contributed by atoms with Gasteiger partial charge >= 0.3 is 0 Å². The summed E-state index contributed by atoms with van der Waals surface area (Å²) < 4.78 is 30.5. The Labute approximate surface area is 150 Å². The summed E-state index contributed by atoms with van der Waals surface area (Å²) in [5.41, 5.74) is 0.532. The van der Waals surface area contributed by atoms with Crippen molar-refractivity contribution in [2.45, 2.75) is 14.3 Å². The lowest BCUT2D eigenvalue weighted by Crippen LogP contribution is -2.12. The summed E-state index contributed by atoms with van der Waals surface area (Å²) in [6, 6.07) is 10.6. The minimum absolute atomic E-state index is 0.265. The van der Waals surface area contributed by atoms with Crippen molar-refractivity contribution in [3.8, 4) is 0 Å². The maximum absolute atomic E-state index is 12.5. The van der Waals surface area contributed by atoms with Crippen LogP contribution in [0, 0.1) is 0 Å². The van der Waals surface area contributed by atoms with Gasteiger partial charge < -0.3 is 4.57 Å². The molecule has 120 valence electrons. The number of benzene rings is 1. The van der Waals surface area contributed by atoms with Crippen molar-refractivity contribution in [2.24, 2.45) is 7.05 Å². The van der Waals surface area contributed by atoms with E-state index in [2.05, 4.69) is 25.6 Å². The highest BCUT2D eigenvalue weighted by Crippen LogP contribution is 2.34. The van der Waals surface area contributed by atoms with Crippen LogP contribution in [0.4, 0.5) is 5.69 Å². The Hall–Kier alpha value is -1.29. The van der Waals surface area contributed by atoms with Crippen LogP contribution in [0.3, 0.4) is 0 Å². The largest absolute Gasteiger partial charge is 0.329 e. The quantitative estimate of drug-likeness (QED) is 0.659. The van der Waals surface area contributed by atoms with Gasteiger partial charge in [0.1, 0.15) is 4.21 Å². The Kier molecular flexibility index (Phi) is 4.81. The van der Waals surface area contributed by atoms with Gasteiger partial charge in [-0.2, -0.15) is 0 Å². The lowest BCUT2D eigenvalue weighted by atomic mass is 10.3. The monoisotopic (exact) mass is 429 g/mol. The molecule has 0 bridgehead atoms. The highest BCUT2D eigenvalue weighted by atomic mass is 79.9. The lowest BCUT2D eigenvalue weighted by Gasteiger charge is -2.11. The Balaban J connectivity index is 1.90. The van der Waals surface area contributed by atoms with E-state index in [1.807, 2.05) is 29.9 Å². The van der Waals surface area contributed by atoms with Gasteiger partial charge in [0.2, 0.25) is 0 Å². The Morgan fingerprint density at radius 1 is 1.26 bits per heavy atom. The van der Waals surface area contributed by atoms with Crippen LogP contribution in [0.15, 0.2) is 66.8 Å². The molecular weight excluding hydrogens is 418 g/mol. The highest BCUT2D eigenvalue weighted by Gasteiger charge is 2.18. The summed E-state index contributed by atoms with van der Waals surface area (Å²) in [5.74, 6) is 0. The molecule has 0 amide bonds. The van der Waals surface area contributed by atoms with E-state index in [-0.39, 0.29) is 4.21 Å². The van der Waals surface area contributed by atoms with E-state index in [4.69, 9.17) is 0 Å². The second kappa shape index (κ2) is 6.68. The van der Waals surface area contributed by atoms with Gasteiger partial charge in [0.15, 0.2) is 5.16 Å². The summed E-state index contributed by atoms with van der Waals surface area (Å²) in [6.07, 6.45) is 3.55. The van der Waals surface area contributed by atoms with Crippen LogP contribution in [0.1, 0.15) is 0 Å². The predicted octanol–water partition coefficient (Wildman–Crippen LogP) is 4.20. The van der Waals surface area contributed by atoms with Crippen molar-refractivity contribution in [3.05, 3.63) is 52.6 Å². The number of para-hydroxylation sites is 1. The van der Waals surface area contributed by atoms with E-state index in [0.29, 0.717) is 5.69 Å². The molecule has 1 aromatic carbocycles. The van der Waals surface area contributed by atoms with Crippen LogP contribution in [0.5, 0.6) is 0 Å². The molecule has 3 aromatic rings. The molecule has 3 rings (SSSR count). The van der Waals surface area contributed by atoms with Gasteiger partial charge in [-0.15, -0.1) is 11.3 Å². The average molecular weight is 430 g/mol. The number of nitrogens with zero attached hydrogens (tertiary/aromatic N) is 2. The topological polar surface area (TPSA) is 64.0 Å². The molecule has 0 fully saturated rings. The van der Waals surface area contributed by atoms with Crippen LogP contribution < -0.4 is 4.72 Å². The molecule has 0 spiro atoms. The molecule has 2 aromatic heterocycles. The van der Waals surface area contributed by atoms with E-state index < -0.39 is 10.0 Å². The lowest BCUT2D eigenvalue weighted by molar-refractivity contribution is 0.603. The average Bonchev–Trinajstić information content (AvgIpc) is 3.11. The number of hydrogen-bond donors (Lipinski definition) is 1. The smallest absolute Gasteiger partial charge is 0.271 e. The van der Waals surface area contributed by atoms with Gasteiger partial charge in [0.05, 0.1) is 9.47 Å². The number of rotatable bonds is 5. The zero-order valence-electron chi connectivity index (χ0n) is 11.9. The van der Waals surface area contributed by atoms with Crippen LogP contribution in [-0.4, -0.2) is 18.0 Å². The Morgan fingerprint density at radius 3 is 2.70 bits per heavy atom. The Bertz CT molecular complexity index is 934. The molecule has 0 aliphatic carbocycles. The third kappa shape index (κ3) is 3.79. The summed E-state index contributed by atoms with van der Waals surface area (Å²) in [4.78, 5) is 5.05. The number of thiophene rings is 1. The fraction of sp³-hybridized carbons (Fsp3) is 0.0714. The Morgan fingerprint density at radius 2 is 2.04 bits per heavy atom. The van der Waals surface area contributed by atoms with Gasteiger partial charge in [-0.25, -0.2) is 13.4 Å². The molecule has 1 N–H and O–H groups in total. The maximum atomic E-state index is 12.5. The van der Waals surface area contributed by atoms with E-state index in [0.717, 1.165) is 13.8 Å². The van der Waals surface area contributed by atoms with E-state index in [9.17, 15) is 8.42 Å². The normalized spacial score (nSPS) is 11.6. The molecule has 0 atom stereocenters. The maximum Gasteiger partial charge on any atom is 0.271 e. The van der Waals surface area contributed by atoms with Crippen molar-refractivity contribution >= 4 is 54.7 Å². The van der Waals surface area contributed by atoms with Crippen molar-refractivity contribution in [2.75, 3.05) is 4.72 Å². The van der Waals surface area contributed by atoms with E-state index in [1.165, 1.54) is 23.1 Å². The molecule has 0 aliphatic rings. The first-order chi connectivity index (χ1) is 11.0. The molecular formula is C14H12BrN3O2S3. The first-order valence-corrected chi connectivity index (χ1v) is 10.4. The number of nitrogens with one attached hydrogen (secondary N) is 1. The van der Waals surface area contributed by atoms with E-state index in [1.54, 1.807) is 30.5 Å². The van der Waals surface area contributed by atoms with Crippen LogP contribution in [0.2, 0.25) is 0 Å². The summed E-state index contributed by atoms with van der Waals surface area (Å²) in [7, 11) is -1.71. The van der Waals surface area contributed by atoms with Crippen molar-refractivity contribution < 1.29 is 8.42 Å². The third-order valence-electron chi connectivity index (χ3n) is 2.92. The fourth-order valence-corrected chi connectivity index (χ4v) is 5.87. The molecule has 23 heavy (non-hydrogen) atoms.